The zero-order chi connectivity index (χ0) is 25.5. The highest BCUT2D eigenvalue weighted by molar-refractivity contribution is 6.07. The van der Waals surface area contributed by atoms with Crippen LogP contribution >= 0.6 is 0 Å². The van der Waals surface area contributed by atoms with Gasteiger partial charge in [0.25, 0.3) is 5.91 Å². The SMILES string of the molecule is CC(C)c1nc(C(=O)Nc2ccccc2)c(-c2ccc(F)cc2)n1CC[C@@H](O)C[C@@H](O)CC(=O)O. The lowest BCUT2D eigenvalue weighted by Crippen LogP contribution is -2.22. The number of nitrogens with zero attached hydrogens (tertiary/aromatic N) is 2. The molecule has 0 radical (unpaired) electrons. The number of nitrogens with one attached hydrogen (secondary N) is 1. The van der Waals surface area contributed by atoms with Crippen LogP contribution in [0.4, 0.5) is 10.1 Å². The molecule has 2 atom stereocenters. The van der Waals surface area contributed by atoms with Crippen molar-refractivity contribution in [3.63, 3.8) is 0 Å². The van der Waals surface area contributed by atoms with Crippen LogP contribution in [0.25, 0.3) is 11.3 Å². The highest BCUT2D eigenvalue weighted by Gasteiger charge is 2.26. The minimum atomic E-state index is -1.17. The van der Waals surface area contributed by atoms with Gasteiger partial charge in [0.15, 0.2) is 5.69 Å². The fourth-order valence-corrected chi connectivity index (χ4v) is 3.90. The maximum Gasteiger partial charge on any atom is 0.305 e. The molecule has 0 fully saturated rings. The number of anilines is 1. The van der Waals surface area contributed by atoms with Crippen molar-refractivity contribution in [2.75, 3.05) is 5.32 Å². The number of hydrogen-bond acceptors (Lipinski definition) is 5. The smallest absolute Gasteiger partial charge is 0.305 e. The molecule has 0 aliphatic carbocycles. The first-order valence-corrected chi connectivity index (χ1v) is 11.5. The van der Waals surface area contributed by atoms with Gasteiger partial charge in [-0.25, -0.2) is 9.37 Å². The summed E-state index contributed by atoms with van der Waals surface area (Å²) in [7, 11) is 0. The van der Waals surface area contributed by atoms with Gasteiger partial charge in [0.2, 0.25) is 0 Å². The van der Waals surface area contributed by atoms with E-state index in [0.717, 1.165) is 0 Å². The molecule has 0 saturated heterocycles. The summed E-state index contributed by atoms with van der Waals surface area (Å²) in [4.78, 5) is 28.7. The van der Waals surface area contributed by atoms with Crippen molar-refractivity contribution in [2.45, 2.75) is 57.8 Å². The summed E-state index contributed by atoms with van der Waals surface area (Å²) in [6.45, 7) is 4.12. The van der Waals surface area contributed by atoms with Gasteiger partial charge in [0.05, 0.1) is 24.3 Å². The Balaban J connectivity index is 1.96. The Kier molecular flexibility index (Phi) is 8.73. The van der Waals surface area contributed by atoms with Gasteiger partial charge >= 0.3 is 5.97 Å². The molecule has 1 amide bonds. The number of para-hydroxylation sites is 1. The van der Waals surface area contributed by atoms with E-state index in [9.17, 15) is 24.2 Å². The number of carboxylic acid groups (broad SMARTS) is 1. The third-order valence-electron chi connectivity index (χ3n) is 5.52. The van der Waals surface area contributed by atoms with Crippen molar-refractivity contribution in [2.24, 2.45) is 0 Å². The Labute approximate surface area is 203 Å². The molecule has 1 aromatic heterocycles. The summed E-state index contributed by atoms with van der Waals surface area (Å²) < 4.78 is 15.5. The average molecular weight is 484 g/mol. The third kappa shape index (κ3) is 6.97. The quantitative estimate of drug-likeness (QED) is 0.326. The molecule has 0 aliphatic rings. The van der Waals surface area contributed by atoms with Crippen LogP contribution in [0, 0.1) is 5.82 Å². The van der Waals surface area contributed by atoms with Crippen LogP contribution in [0.5, 0.6) is 0 Å². The molecule has 186 valence electrons. The molecule has 2 aromatic carbocycles. The average Bonchev–Trinajstić information content (AvgIpc) is 3.18. The molecule has 3 aromatic rings. The van der Waals surface area contributed by atoms with Crippen LogP contribution in [0.1, 0.15) is 55.3 Å². The number of carboxylic acids is 1. The zero-order valence-electron chi connectivity index (χ0n) is 19.7. The number of carbonyl (C=O) groups is 2. The second-order valence-corrected chi connectivity index (χ2v) is 8.73. The van der Waals surface area contributed by atoms with Gasteiger partial charge in [-0.3, -0.25) is 9.59 Å². The number of imidazole rings is 1. The van der Waals surface area contributed by atoms with Gasteiger partial charge in [-0.05, 0) is 49.2 Å². The second kappa shape index (κ2) is 11.7. The number of carbonyl (C=O) groups excluding carboxylic acids is 1. The number of amides is 1. The molecule has 0 aliphatic heterocycles. The molecule has 35 heavy (non-hydrogen) atoms. The largest absolute Gasteiger partial charge is 0.481 e. The molecular weight excluding hydrogens is 453 g/mol. The van der Waals surface area contributed by atoms with Crippen LogP contribution < -0.4 is 5.32 Å². The summed E-state index contributed by atoms with van der Waals surface area (Å²) in [5, 5.41) is 31.9. The van der Waals surface area contributed by atoms with E-state index >= 15 is 0 Å². The topological polar surface area (TPSA) is 125 Å². The van der Waals surface area contributed by atoms with Gasteiger partial charge < -0.3 is 25.2 Å². The Hall–Kier alpha value is -3.56. The van der Waals surface area contributed by atoms with Crippen molar-refractivity contribution in [3.05, 3.63) is 71.9 Å². The number of aliphatic hydroxyl groups is 2. The van der Waals surface area contributed by atoms with Crippen LogP contribution in [-0.4, -0.2) is 49.0 Å². The maximum atomic E-state index is 13.6. The Morgan fingerprint density at radius 3 is 2.29 bits per heavy atom. The fraction of sp³-hybridized carbons (Fsp3) is 0.346. The van der Waals surface area contributed by atoms with Gasteiger partial charge in [-0.1, -0.05) is 32.0 Å². The Morgan fingerprint density at radius 1 is 1.03 bits per heavy atom. The van der Waals surface area contributed by atoms with E-state index in [1.807, 2.05) is 24.5 Å². The first-order valence-electron chi connectivity index (χ1n) is 11.5. The van der Waals surface area contributed by atoms with E-state index in [-0.39, 0.29) is 31.0 Å². The minimum absolute atomic E-state index is 0.0674. The van der Waals surface area contributed by atoms with Gasteiger partial charge in [0.1, 0.15) is 11.6 Å². The highest BCUT2D eigenvalue weighted by Crippen LogP contribution is 2.30. The van der Waals surface area contributed by atoms with E-state index in [2.05, 4.69) is 10.3 Å². The van der Waals surface area contributed by atoms with Crippen molar-refractivity contribution in [1.29, 1.82) is 0 Å². The number of aliphatic carboxylic acids is 1. The minimum Gasteiger partial charge on any atom is -0.481 e. The number of halogens is 1. The highest BCUT2D eigenvalue weighted by atomic mass is 19.1. The third-order valence-corrected chi connectivity index (χ3v) is 5.52. The summed E-state index contributed by atoms with van der Waals surface area (Å²) in [5.41, 5.74) is 1.85. The number of aromatic nitrogens is 2. The maximum absolute atomic E-state index is 13.6. The standard InChI is InChI=1S/C26H30FN3O5/c1-16(2)25-29-23(26(35)28-19-6-4-3-5-7-19)24(17-8-10-18(27)11-9-17)30(25)13-12-20(31)14-21(32)15-22(33)34/h3-11,16,20-21,31-32H,12-15H2,1-2H3,(H,28,35)(H,33,34)/t20-,21-/m1/s1. The van der Waals surface area contributed by atoms with E-state index in [1.165, 1.54) is 12.1 Å². The van der Waals surface area contributed by atoms with Crippen LogP contribution in [0.3, 0.4) is 0 Å². The molecule has 0 spiro atoms. The van der Waals surface area contributed by atoms with Crippen LogP contribution in [0.15, 0.2) is 54.6 Å². The molecule has 3 rings (SSSR count). The van der Waals surface area contributed by atoms with E-state index in [1.54, 1.807) is 36.4 Å². The van der Waals surface area contributed by atoms with Crippen molar-refractivity contribution in [1.82, 2.24) is 9.55 Å². The first kappa shape index (κ1) is 26.1. The molecule has 8 nitrogen and oxygen atoms in total. The van der Waals surface area contributed by atoms with E-state index in [0.29, 0.717) is 22.8 Å². The number of aliphatic hydroxyl groups excluding tert-OH is 2. The fourth-order valence-electron chi connectivity index (χ4n) is 3.90. The van der Waals surface area contributed by atoms with Gasteiger partial charge in [0, 0.05) is 23.7 Å². The summed E-state index contributed by atoms with van der Waals surface area (Å²) >= 11 is 0. The predicted octanol–water partition coefficient (Wildman–Crippen LogP) is 4.04. The number of hydrogen-bond donors (Lipinski definition) is 4. The molecule has 0 unspecified atom stereocenters. The lowest BCUT2D eigenvalue weighted by atomic mass is 10.1. The molecule has 4 N–H and O–H groups in total. The van der Waals surface area contributed by atoms with Crippen LogP contribution in [-0.2, 0) is 11.3 Å². The lowest BCUT2D eigenvalue weighted by Gasteiger charge is -2.18. The summed E-state index contributed by atoms with van der Waals surface area (Å²) in [6, 6.07) is 14.7. The molecule has 1 heterocycles. The van der Waals surface area contributed by atoms with Crippen LogP contribution in [0.2, 0.25) is 0 Å². The number of rotatable bonds is 11. The normalized spacial score (nSPS) is 13.0. The molecule has 0 saturated carbocycles. The Bertz CT molecular complexity index is 1150. The monoisotopic (exact) mass is 483 g/mol. The number of benzene rings is 2. The summed E-state index contributed by atoms with van der Waals surface area (Å²) in [5.74, 6) is -1.44. The van der Waals surface area contributed by atoms with Gasteiger partial charge in [-0.15, -0.1) is 0 Å². The molecular formula is C26H30FN3O5. The molecule has 9 heteroatoms. The first-order chi connectivity index (χ1) is 16.7. The lowest BCUT2D eigenvalue weighted by molar-refractivity contribution is -0.139. The van der Waals surface area contributed by atoms with E-state index in [4.69, 9.17) is 5.11 Å². The molecule has 0 bridgehead atoms. The second-order valence-electron chi connectivity index (χ2n) is 8.73. The van der Waals surface area contributed by atoms with Crippen molar-refractivity contribution in [3.8, 4) is 11.3 Å². The van der Waals surface area contributed by atoms with Gasteiger partial charge in [-0.2, -0.15) is 0 Å². The zero-order valence-corrected chi connectivity index (χ0v) is 19.7. The predicted molar refractivity (Wildman–Crippen MR) is 130 cm³/mol. The summed E-state index contributed by atoms with van der Waals surface area (Å²) in [6.07, 6.45) is -2.48. The Morgan fingerprint density at radius 2 is 1.69 bits per heavy atom. The van der Waals surface area contributed by atoms with Crippen molar-refractivity contribution >= 4 is 17.6 Å². The van der Waals surface area contributed by atoms with Crippen molar-refractivity contribution < 1.29 is 29.3 Å². The van der Waals surface area contributed by atoms with E-state index < -0.39 is 36.3 Å².